The summed E-state index contributed by atoms with van der Waals surface area (Å²) in [6.07, 6.45) is -4.29. The van der Waals surface area contributed by atoms with Crippen LogP contribution in [0.25, 0.3) is 0 Å². The number of halogens is 3. The molecule has 84 valence electrons. The number of rotatable bonds is 4. The predicted octanol–water partition coefficient (Wildman–Crippen LogP) is 1.63. The van der Waals surface area contributed by atoms with Crippen molar-refractivity contribution in [1.82, 2.24) is 5.32 Å². The van der Waals surface area contributed by atoms with Crippen LogP contribution in [0.5, 0.6) is 0 Å². The molecule has 0 aromatic carbocycles. The molecule has 2 N–H and O–H groups in total. The molecule has 0 radical (unpaired) electrons. The van der Waals surface area contributed by atoms with Gasteiger partial charge in [0.25, 0.3) is 0 Å². The van der Waals surface area contributed by atoms with E-state index in [0.29, 0.717) is 0 Å². The molecule has 0 amide bonds. The molecular formula is C8H8F3NO3. The fraction of sp³-hybridized carbons (Fsp3) is 0.375. The first-order valence-corrected chi connectivity index (χ1v) is 3.98. The lowest BCUT2D eigenvalue weighted by molar-refractivity contribution is -0.125. The standard InChI is InChI=1S/C8H8F3NO3/c9-8(10,11)4-12-3-5-1-2-6(15-5)7(13)14/h1-2,12H,3-4H2,(H,13,14). The molecule has 0 atom stereocenters. The van der Waals surface area contributed by atoms with Gasteiger partial charge in [-0.25, -0.2) is 4.79 Å². The Bertz CT molecular complexity index is 345. The highest BCUT2D eigenvalue weighted by atomic mass is 19.4. The van der Waals surface area contributed by atoms with Gasteiger partial charge in [-0.1, -0.05) is 0 Å². The summed E-state index contributed by atoms with van der Waals surface area (Å²) in [5.74, 6) is -1.40. The first kappa shape index (κ1) is 11.6. The summed E-state index contributed by atoms with van der Waals surface area (Å²) >= 11 is 0. The molecular weight excluding hydrogens is 215 g/mol. The number of alkyl halides is 3. The predicted molar refractivity (Wildman–Crippen MR) is 43.4 cm³/mol. The van der Waals surface area contributed by atoms with Gasteiger partial charge in [-0.2, -0.15) is 13.2 Å². The van der Waals surface area contributed by atoms with Crippen LogP contribution >= 0.6 is 0 Å². The Hall–Kier alpha value is -1.50. The Morgan fingerprint density at radius 2 is 2.13 bits per heavy atom. The van der Waals surface area contributed by atoms with Gasteiger partial charge in [0.05, 0.1) is 13.1 Å². The van der Waals surface area contributed by atoms with Gasteiger partial charge in [-0.3, -0.25) is 0 Å². The third kappa shape index (κ3) is 4.03. The summed E-state index contributed by atoms with van der Waals surface area (Å²) in [4.78, 5) is 10.4. The minimum absolute atomic E-state index is 0.150. The highest BCUT2D eigenvalue weighted by molar-refractivity contribution is 5.84. The molecule has 0 saturated carbocycles. The number of furan rings is 1. The fourth-order valence-corrected chi connectivity index (χ4v) is 0.915. The van der Waals surface area contributed by atoms with Crippen LogP contribution in [0.4, 0.5) is 13.2 Å². The summed E-state index contributed by atoms with van der Waals surface area (Å²) < 4.78 is 39.8. The van der Waals surface area contributed by atoms with E-state index in [-0.39, 0.29) is 18.1 Å². The Morgan fingerprint density at radius 1 is 1.47 bits per heavy atom. The van der Waals surface area contributed by atoms with Gasteiger partial charge >= 0.3 is 12.1 Å². The Kier molecular flexibility index (Phi) is 3.35. The second kappa shape index (κ2) is 4.35. The zero-order valence-corrected chi connectivity index (χ0v) is 7.47. The number of aromatic carboxylic acids is 1. The summed E-state index contributed by atoms with van der Waals surface area (Å²) in [7, 11) is 0. The van der Waals surface area contributed by atoms with Crippen LogP contribution in [-0.4, -0.2) is 23.8 Å². The van der Waals surface area contributed by atoms with Gasteiger partial charge < -0.3 is 14.8 Å². The van der Waals surface area contributed by atoms with E-state index in [1.165, 1.54) is 12.1 Å². The summed E-state index contributed by atoms with van der Waals surface area (Å²) in [5, 5.41) is 10.5. The van der Waals surface area contributed by atoms with Gasteiger partial charge in [-0.15, -0.1) is 0 Å². The molecule has 0 fully saturated rings. The average Bonchev–Trinajstić information content (AvgIpc) is 2.50. The van der Waals surface area contributed by atoms with Crippen molar-refractivity contribution in [2.24, 2.45) is 0 Å². The molecule has 7 heteroatoms. The average molecular weight is 223 g/mol. The zero-order chi connectivity index (χ0) is 11.5. The molecule has 0 aliphatic heterocycles. The van der Waals surface area contributed by atoms with Gasteiger partial charge in [0, 0.05) is 0 Å². The topological polar surface area (TPSA) is 62.5 Å². The summed E-state index contributed by atoms with van der Waals surface area (Å²) in [6.45, 7) is -1.30. The fourth-order valence-electron chi connectivity index (χ4n) is 0.915. The van der Waals surface area contributed by atoms with Crippen LogP contribution in [0.15, 0.2) is 16.5 Å². The van der Waals surface area contributed by atoms with Crippen LogP contribution in [0, 0.1) is 0 Å². The second-order valence-corrected chi connectivity index (χ2v) is 2.79. The molecule has 1 aromatic heterocycles. The van der Waals surface area contributed by atoms with Crippen molar-refractivity contribution in [1.29, 1.82) is 0 Å². The van der Waals surface area contributed by atoms with Crippen molar-refractivity contribution in [3.63, 3.8) is 0 Å². The van der Waals surface area contributed by atoms with E-state index >= 15 is 0 Å². The molecule has 0 aliphatic rings. The minimum atomic E-state index is -4.29. The molecule has 1 heterocycles. The number of hydrogen-bond acceptors (Lipinski definition) is 3. The van der Waals surface area contributed by atoms with E-state index in [9.17, 15) is 18.0 Å². The lowest BCUT2D eigenvalue weighted by Gasteiger charge is -2.05. The molecule has 1 rings (SSSR count). The maximum absolute atomic E-state index is 11.7. The molecule has 4 nitrogen and oxygen atoms in total. The smallest absolute Gasteiger partial charge is 0.401 e. The van der Waals surface area contributed by atoms with E-state index in [1.54, 1.807) is 0 Å². The molecule has 0 aliphatic carbocycles. The molecule has 0 bridgehead atoms. The normalized spacial score (nSPS) is 11.7. The lowest BCUT2D eigenvalue weighted by atomic mass is 10.4. The maximum atomic E-state index is 11.7. The van der Waals surface area contributed by atoms with Crippen LogP contribution in [0.2, 0.25) is 0 Å². The Labute approximate surface area is 82.7 Å². The molecule has 15 heavy (non-hydrogen) atoms. The molecule has 0 saturated heterocycles. The third-order valence-electron chi connectivity index (χ3n) is 1.50. The SMILES string of the molecule is O=C(O)c1ccc(CNCC(F)(F)F)o1. The van der Waals surface area contributed by atoms with Gasteiger partial charge in [0.2, 0.25) is 5.76 Å². The lowest BCUT2D eigenvalue weighted by Crippen LogP contribution is -2.28. The van der Waals surface area contributed by atoms with Crippen LogP contribution < -0.4 is 5.32 Å². The van der Waals surface area contributed by atoms with Crippen molar-refractivity contribution >= 4 is 5.97 Å². The number of carboxylic acid groups (broad SMARTS) is 1. The Balaban J connectivity index is 2.41. The number of hydrogen-bond donors (Lipinski definition) is 2. The van der Waals surface area contributed by atoms with E-state index in [4.69, 9.17) is 9.52 Å². The van der Waals surface area contributed by atoms with Gasteiger partial charge in [0.15, 0.2) is 0 Å². The number of nitrogens with one attached hydrogen (secondary N) is 1. The summed E-state index contributed by atoms with van der Waals surface area (Å²) in [5.41, 5.74) is 0. The number of carbonyl (C=O) groups is 1. The van der Waals surface area contributed by atoms with Gasteiger partial charge in [0.1, 0.15) is 5.76 Å². The van der Waals surface area contributed by atoms with E-state index in [1.807, 2.05) is 0 Å². The monoisotopic (exact) mass is 223 g/mol. The molecule has 0 unspecified atom stereocenters. The van der Waals surface area contributed by atoms with Gasteiger partial charge in [-0.05, 0) is 12.1 Å². The van der Waals surface area contributed by atoms with E-state index in [0.717, 1.165) is 0 Å². The Morgan fingerprint density at radius 3 is 2.60 bits per heavy atom. The van der Waals surface area contributed by atoms with E-state index in [2.05, 4.69) is 5.32 Å². The quantitative estimate of drug-likeness (QED) is 0.814. The van der Waals surface area contributed by atoms with Crippen molar-refractivity contribution in [2.45, 2.75) is 12.7 Å². The highest BCUT2D eigenvalue weighted by Gasteiger charge is 2.26. The second-order valence-electron chi connectivity index (χ2n) is 2.79. The first-order valence-electron chi connectivity index (χ1n) is 3.98. The van der Waals surface area contributed by atoms with Crippen LogP contribution in [0.3, 0.4) is 0 Å². The summed E-state index contributed by atoms with van der Waals surface area (Å²) in [6, 6.07) is 2.50. The first-order chi connectivity index (χ1) is 6.88. The minimum Gasteiger partial charge on any atom is -0.475 e. The molecule has 1 aromatic rings. The van der Waals surface area contributed by atoms with Crippen molar-refractivity contribution in [2.75, 3.05) is 6.54 Å². The van der Waals surface area contributed by atoms with Crippen LogP contribution in [-0.2, 0) is 6.54 Å². The molecule has 0 spiro atoms. The van der Waals surface area contributed by atoms with Crippen LogP contribution in [0.1, 0.15) is 16.3 Å². The van der Waals surface area contributed by atoms with E-state index < -0.39 is 18.7 Å². The largest absolute Gasteiger partial charge is 0.475 e. The van der Waals surface area contributed by atoms with Crippen molar-refractivity contribution < 1.29 is 27.5 Å². The number of carboxylic acids is 1. The van der Waals surface area contributed by atoms with Crippen molar-refractivity contribution in [3.8, 4) is 0 Å². The third-order valence-corrected chi connectivity index (χ3v) is 1.50. The van der Waals surface area contributed by atoms with Crippen molar-refractivity contribution in [3.05, 3.63) is 23.7 Å². The highest BCUT2D eigenvalue weighted by Crippen LogP contribution is 2.13. The zero-order valence-electron chi connectivity index (χ0n) is 7.47. The maximum Gasteiger partial charge on any atom is 0.401 e.